The molecule has 0 aromatic carbocycles. The molecule has 43 heteroatoms. The van der Waals surface area contributed by atoms with Crippen LogP contribution in [0.2, 0.25) is 0 Å². The first-order valence-electron chi connectivity index (χ1n) is 48.2. The molecule has 8 saturated heterocycles. The molecule has 0 aromatic rings. The molecule has 22 N–H and O–H groups in total. The van der Waals surface area contributed by atoms with Crippen molar-refractivity contribution in [1.29, 1.82) is 0 Å². The van der Waals surface area contributed by atoms with E-state index < -0.39 is 334 Å². The summed E-state index contributed by atoms with van der Waals surface area (Å²) in [6, 6.07) is 0. The van der Waals surface area contributed by atoms with Crippen LogP contribution in [0.15, 0.2) is 11.6 Å². The van der Waals surface area contributed by atoms with E-state index in [0.717, 1.165) is 5.57 Å². The topological polar surface area (TPSA) is 670 Å². The second-order valence-corrected chi connectivity index (χ2v) is 42.4. The van der Waals surface area contributed by atoms with Crippen LogP contribution in [-0.4, -0.2) is 414 Å². The van der Waals surface area contributed by atoms with Crippen LogP contribution in [0.1, 0.15) is 211 Å². The molecule has 776 valence electrons. The summed E-state index contributed by atoms with van der Waals surface area (Å²) >= 11 is 0. The van der Waals surface area contributed by atoms with E-state index in [0.29, 0.717) is 103 Å². The second kappa shape index (κ2) is 44.1. The fraction of sp³-hybridized carbons (Fsp3) is 0.935. The molecule has 135 heavy (non-hydrogen) atoms. The molecule has 43 nitrogen and oxygen atoms in total. The van der Waals surface area contributed by atoms with Crippen LogP contribution in [0.3, 0.4) is 0 Å². The minimum atomic E-state index is -2.22. The Morgan fingerprint density at radius 3 is 1.61 bits per heavy atom. The molecule has 48 atom stereocenters. The Morgan fingerprint density at radius 1 is 0.444 bits per heavy atom. The van der Waals surface area contributed by atoms with E-state index in [1.165, 1.54) is 20.8 Å². The van der Waals surface area contributed by atoms with E-state index in [2.05, 4.69) is 54.5 Å². The summed E-state index contributed by atoms with van der Waals surface area (Å²) in [6.45, 7) is 18.6. The van der Waals surface area contributed by atoms with Gasteiger partial charge in [0.25, 0.3) is 0 Å². The summed E-state index contributed by atoms with van der Waals surface area (Å²) in [5, 5.41) is 244. The number of carbonyl (C=O) groups excluding carboxylic acids is 3. The van der Waals surface area contributed by atoms with E-state index in [-0.39, 0.29) is 49.9 Å². The van der Waals surface area contributed by atoms with Gasteiger partial charge in [-0.1, -0.05) is 92.2 Å². The number of ketones is 1. The summed E-state index contributed by atoms with van der Waals surface area (Å²) in [4.78, 5) is 56.9. The Bertz CT molecular complexity index is 3920. The van der Waals surface area contributed by atoms with Gasteiger partial charge in [-0.3, -0.25) is 14.4 Å². The SMILES string of the molecule is C[C@@H]1O[C@@H](OCCCCCCC(=O)CCCCCCC(CC(=O)O[C@@H]2[C@H](O)[C@@H](O[C@@H]3O[C@@H](C)[C@H](O[C@@H]4OC[C@@H](O)[C@H](O)[C@H]4O)[C@@H](O)[C@H]3O[C@@H]3OC[C@H](O)[C@H](O)[C@H]3OC3O[C@H](CO)[C@H](O)[C@H](O)[C@H]3O)[C@H](OC(=O)[C@]34CCC(C)(C)C[C@H]3C3=CC[C@@H]5[C@@]6(C)CC[C@H](O[C@@H]7O[C@H](C(=O)O)[C@H](O)[C@H](O)[C@H]7O)C(C)(C)[C@@H]6CC[C@@]5(C)[C@]3(C)C[C@H]4O)O[C@@H]2C)O[C@H]2O[C@H](C)[C@@H](O)[C@H](O)[C@@H]2O)[C@H](O)[C@H](O)[C@H]1O. The first-order valence-corrected chi connectivity index (χ1v) is 48.2. The number of allylic oxidation sites excluding steroid dienone is 2. The summed E-state index contributed by atoms with van der Waals surface area (Å²) in [5.74, 6) is -4.45. The minimum absolute atomic E-state index is 0.0345. The lowest BCUT2D eigenvalue weighted by Gasteiger charge is -2.71. The van der Waals surface area contributed by atoms with Gasteiger partial charge in [0.1, 0.15) is 152 Å². The van der Waals surface area contributed by atoms with Crippen molar-refractivity contribution in [3.63, 3.8) is 0 Å². The summed E-state index contributed by atoms with van der Waals surface area (Å²) in [7, 11) is 0. The lowest BCUT2D eigenvalue weighted by atomic mass is 9.33. The van der Waals surface area contributed by atoms with Gasteiger partial charge in [-0.25, -0.2) is 4.79 Å². The largest absolute Gasteiger partial charge is 0.479 e. The van der Waals surface area contributed by atoms with Gasteiger partial charge in [0.2, 0.25) is 6.29 Å². The molecule has 13 aliphatic rings. The van der Waals surface area contributed by atoms with E-state index in [9.17, 15) is 122 Å². The number of aliphatic carboxylic acids is 1. The van der Waals surface area contributed by atoms with Gasteiger partial charge >= 0.3 is 17.9 Å². The number of aliphatic hydroxyl groups excluding tert-OH is 21. The van der Waals surface area contributed by atoms with Crippen LogP contribution in [0.4, 0.5) is 0 Å². The summed E-state index contributed by atoms with van der Waals surface area (Å²) < 4.78 is 104. The third kappa shape index (κ3) is 22.0. The average Bonchev–Trinajstić information content (AvgIpc) is 0.668. The Morgan fingerprint density at radius 2 is 0.963 bits per heavy atom. The lowest BCUT2D eigenvalue weighted by Crippen LogP contribution is -2.69. The number of carboxylic acid groups (broad SMARTS) is 1. The number of carbonyl (C=O) groups is 4. The first kappa shape index (κ1) is 109. The molecule has 5 aliphatic carbocycles. The van der Waals surface area contributed by atoms with Crippen LogP contribution in [-0.2, 0) is 99.7 Å². The number of unbranched alkanes of at least 4 members (excludes halogenated alkanes) is 6. The van der Waals surface area contributed by atoms with E-state index in [1.54, 1.807) is 6.92 Å². The van der Waals surface area contributed by atoms with Crippen molar-refractivity contribution < 1.29 is 212 Å². The molecule has 0 aromatic heterocycles. The summed E-state index contributed by atoms with van der Waals surface area (Å²) in [5.41, 5.74) is -3.81. The highest BCUT2D eigenvalue weighted by Crippen LogP contribution is 2.76. The zero-order valence-electron chi connectivity index (χ0n) is 78.6. The van der Waals surface area contributed by atoms with E-state index >= 15 is 9.59 Å². The van der Waals surface area contributed by atoms with E-state index in [4.69, 9.17) is 80.5 Å². The number of carboxylic acids is 1. The maximum absolute atomic E-state index is 16.6. The molecule has 12 fully saturated rings. The number of fused-ring (bicyclic) bond motifs is 7. The smallest absolute Gasteiger partial charge is 0.335 e. The van der Waals surface area contributed by atoms with Crippen molar-refractivity contribution >= 4 is 23.7 Å². The highest BCUT2D eigenvalue weighted by atomic mass is 16.8. The van der Waals surface area contributed by atoms with Crippen molar-refractivity contribution in [2.45, 2.75) is 463 Å². The molecular weight excluding hydrogens is 1790 g/mol. The first-order chi connectivity index (χ1) is 63.5. The predicted octanol–water partition coefficient (Wildman–Crippen LogP) is -3.13. The number of esters is 2. The zero-order chi connectivity index (χ0) is 98.7. The maximum atomic E-state index is 16.6. The molecule has 8 aliphatic heterocycles. The molecule has 8 heterocycles. The van der Waals surface area contributed by atoms with Gasteiger partial charge in [-0.15, -0.1) is 0 Å². The fourth-order valence-electron chi connectivity index (χ4n) is 24.3. The number of aliphatic hydroxyl groups is 21. The normalized spacial score (nSPS) is 49.0. The third-order valence-corrected chi connectivity index (χ3v) is 32.7. The van der Waals surface area contributed by atoms with Crippen molar-refractivity contribution in [3.8, 4) is 0 Å². The van der Waals surface area contributed by atoms with Gasteiger partial charge < -0.3 is 193 Å². The van der Waals surface area contributed by atoms with Crippen LogP contribution >= 0.6 is 0 Å². The average molecular weight is 1940 g/mol. The van der Waals surface area contributed by atoms with Crippen molar-refractivity contribution in [3.05, 3.63) is 11.6 Å². The van der Waals surface area contributed by atoms with Gasteiger partial charge in [0.15, 0.2) is 62.3 Å². The fourth-order valence-corrected chi connectivity index (χ4v) is 24.3. The number of hydrogen-bond donors (Lipinski definition) is 22. The lowest BCUT2D eigenvalue weighted by molar-refractivity contribution is -0.404. The standard InChI is InChI=1S/C92H150O43/c1-38-54(99)59(104)65(110)78(122-38)119-31-19-15-14-17-21-42(94)20-16-12-13-18-22-43(126-80-66(111)60(105)55(100)39(2)123-80)32-53(98)129-71-40(3)125-85(76(69(71)114)134-84-75(70(115)72(41(4)124-84)130-79-64(109)56(101)46(95)36-120-79)133-83-74(57(102)47(96)37-121-83)132-81-67(112)61(106)58(103)48(35-93)127-81)135-86(118)92-30-29-87(5,6)33-45(92)44-23-24-50-89(9)27-26-52(128-82-68(113)62(107)63(108)73(131-82)77(116)117)88(7,8)49(89)25-28-90(50,10)91(44,11)34-51(92)97/h23,38-41,43,45-52,54-76,78-85,93,95-97,99-115H,12-22,24-37H2,1-11H3,(H,116,117)/t38-,39+,40+,41-,43?,45-,46+,47-,48+,49-,50+,51+,52-,54-,55+,56-,57-,58-,59+,60-,61-,62-,63+,64+,65+,66-,67+,68+,69-,70+,71-,72-,73-,74+,75+,76+,78+,79-,80+,81?,82+,83-,84-,85-,89-,90+,91+,92+/m0/s1. The van der Waals surface area contributed by atoms with Crippen molar-refractivity contribution in [2.75, 3.05) is 26.4 Å². The Labute approximate surface area is 783 Å². The predicted molar refractivity (Wildman–Crippen MR) is 455 cm³/mol. The van der Waals surface area contributed by atoms with Crippen LogP contribution in [0, 0.1) is 50.2 Å². The van der Waals surface area contributed by atoms with Crippen molar-refractivity contribution in [2.24, 2.45) is 50.2 Å². The van der Waals surface area contributed by atoms with Gasteiger partial charge in [-0.2, -0.15) is 0 Å². The minimum Gasteiger partial charge on any atom is -0.479 e. The summed E-state index contributed by atoms with van der Waals surface area (Å²) in [6.07, 6.45) is -60.4. The van der Waals surface area contributed by atoms with Crippen LogP contribution in [0.25, 0.3) is 0 Å². The third-order valence-electron chi connectivity index (χ3n) is 32.7. The monoisotopic (exact) mass is 1940 g/mol. The number of ether oxygens (including phenoxy) is 17. The van der Waals surface area contributed by atoms with Gasteiger partial charge in [0, 0.05) is 19.4 Å². The molecule has 0 spiro atoms. The quantitative estimate of drug-likeness (QED) is 0.0131. The van der Waals surface area contributed by atoms with Crippen LogP contribution < -0.4 is 0 Å². The molecule has 13 rings (SSSR count). The molecule has 2 unspecified atom stereocenters. The highest BCUT2D eigenvalue weighted by Gasteiger charge is 2.73. The Hall–Kier alpha value is -3.62. The molecule has 4 saturated carbocycles. The highest BCUT2D eigenvalue weighted by molar-refractivity contribution is 5.80. The second-order valence-electron chi connectivity index (χ2n) is 42.4. The Kier molecular flexibility index (Phi) is 35.5. The maximum Gasteiger partial charge on any atom is 0.335 e. The van der Waals surface area contributed by atoms with E-state index in [1.807, 2.05) is 0 Å². The molecule has 0 radical (unpaired) electrons. The molecule has 0 bridgehead atoms. The molecular formula is C92H150O43. The van der Waals surface area contributed by atoms with Crippen molar-refractivity contribution in [1.82, 2.24) is 0 Å². The zero-order valence-corrected chi connectivity index (χ0v) is 78.6. The molecule has 0 amide bonds. The number of hydrogen-bond acceptors (Lipinski definition) is 42. The van der Waals surface area contributed by atoms with Crippen LogP contribution in [0.5, 0.6) is 0 Å². The van der Waals surface area contributed by atoms with Gasteiger partial charge in [0.05, 0.1) is 69.0 Å². The number of Topliss-reactive ketones (excluding diaryl/α,β-unsaturated/α-hetero) is 1. The number of rotatable bonds is 34. The Balaban J connectivity index is 0.776. The van der Waals surface area contributed by atoms with Gasteiger partial charge in [-0.05, 0) is 156 Å².